The van der Waals surface area contributed by atoms with Crippen LogP contribution in [0, 0.1) is 6.92 Å². The molecule has 8 nitrogen and oxygen atoms in total. The summed E-state index contributed by atoms with van der Waals surface area (Å²) in [7, 11) is 1.69. The summed E-state index contributed by atoms with van der Waals surface area (Å²) >= 11 is 0. The number of methoxy groups -OCH3 is 1. The number of aryl methyl sites for hydroxylation is 1. The molecule has 0 saturated carbocycles. The fourth-order valence-corrected chi connectivity index (χ4v) is 3.85. The monoisotopic (exact) mass is 396 g/mol. The largest absolute Gasteiger partial charge is 0.497 e. The fraction of sp³-hybridized carbons (Fsp3) is 0.476. The number of carbonyl (C=O) groups is 1. The van der Waals surface area contributed by atoms with Crippen LogP contribution in [0.2, 0.25) is 0 Å². The molecule has 0 bridgehead atoms. The molecule has 2 fully saturated rings. The summed E-state index contributed by atoms with van der Waals surface area (Å²) in [6.07, 6.45) is 0.919. The molecule has 2 aliphatic rings. The average molecular weight is 396 g/mol. The van der Waals surface area contributed by atoms with Crippen molar-refractivity contribution in [1.29, 1.82) is 0 Å². The van der Waals surface area contributed by atoms with Gasteiger partial charge in [-0.3, -0.25) is 4.79 Å². The Hall–Kier alpha value is -3.03. The van der Waals surface area contributed by atoms with Crippen molar-refractivity contribution in [3.05, 3.63) is 36.0 Å². The molecule has 0 aliphatic carbocycles. The normalized spacial score (nSPS) is 17.4. The number of aromatic nitrogens is 2. The highest BCUT2D eigenvalue weighted by atomic mass is 16.5. The van der Waals surface area contributed by atoms with E-state index >= 15 is 0 Å². The first-order valence-corrected chi connectivity index (χ1v) is 10.1. The van der Waals surface area contributed by atoms with Crippen molar-refractivity contribution in [3.63, 3.8) is 0 Å². The molecule has 0 spiro atoms. The fourth-order valence-electron chi connectivity index (χ4n) is 3.85. The average Bonchev–Trinajstić information content (AvgIpc) is 2.79. The maximum Gasteiger partial charge on any atom is 0.227 e. The Kier molecular flexibility index (Phi) is 5.69. The summed E-state index contributed by atoms with van der Waals surface area (Å²) in [5.41, 5.74) is 2.19. The maximum atomic E-state index is 10.9. The van der Waals surface area contributed by atoms with E-state index in [1.54, 1.807) is 12.0 Å². The van der Waals surface area contributed by atoms with Crippen LogP contribution < -0.4 is 19.4 Å². The summed E-state index contributed by atoms with van der Waals surface area (Å²) in [5.74, 6) is 2.63. The number of nitrogens with zero attached hydrogens (tertiary/aromatic N) is 6. The third-order valence-electron chi connectivity index (χ3n) is 5.62. The first-order chi connectivity index (χ1) is 14.2. The quantitative estimate of drug-likeness (QED) is 0.708. The van der Waals surface area contributed by atoms with Crippen LogP contribution >= 0.6 is 0 Å². The minimum absolute atomic E-state index is 0.719. The minimum atomic E-state index is 0.719. The van der Waals surface area contributed by atoms with E-state index in [0.717, 1.165) is 82.0 Å². The van der Waals surface area contributed by atoms with Crippen molar-refractivity contribution in [2.24, 2.45) is 0 Å². The van der Waals surface area contributed by atoms with Crippen molar-refractivity contribution >= 4 is 23.9 Å². The Balaban J connectivity index is 1.41. The topological polar surface area (TPSA) is 65.0 Å². The van der Waals surface area contributed by atoms with Gasteiger partial charge in [0, 0.05) is 69.8 Å². The molecule has 1 aromatic carbocycles. The van der Waals surface area contributed by atoms with Crippen LogP contribution in [0.25, 0.3) is 0 Å². The molecule has 2 saturated heterocycles. The van der Waals surface area contributed by atoms with Gasteiger partial charge in [-0.05, 0) is 31.2 Å². The lowest BCUT2D eigenvalue weighted by Gasteiger charge is -2.37. The van der Waals surface area contributed by atoms with E-state index in [1.807, 2.05) is 19.1 Å². The Morgan fingerprint density at radius 3 is 2.10 bits per heavy atom. The third-order valence-corrected chi connectivity index (χ3v) is 5.62. The van der Waals surface area contributed by atoms with E-state index in [-0.39, 0.29) is 0 Å². The second-order valence-electron chi connectivity index (χ2n) is 7.47. The van der Waals surface area contributed by atoms with Crippen molar-refractivity contribution in [3.8, 4) is 5.75 Å². The van der Waals surface area contributed by atoms with Crippen LogP contribution in [-0.2, 0) is 4.79 Å². The van der Waals surface area contributed by atoms with Gasteiger partial charge < -0.3 is 24.3 Å². The van der Waals surface area contributed by atoms with Gasteiger partial charge in [0.15, 0.2) is 0 Å². The number of rotatable bonds is 5. The molecular weight excluding hydrogens is 368 g/mol. The highest BCUT2D eigenvalue weighted by Crippen LogP contribution is 2.23. The molecular formula is C21H28N6O2. The SMILES string of the molecule is COc1ccc(N2CCN(c3cc(C)nc(N4CCN(C=O)CC4)n3)CC2)cc1. The Labute approximate surface area is 171 Å². The summed E-state index contributed by atoms with van der Waals surface area (Å²) in [4.78, 5) is 29.1. The standard InChI is InChI=1S/C21H28N6O2/c1-17-15-20(23-21(22-17)27-9-7-24(16-28)8-10-27)26-13-11-25(12-14-26)18-3-5-19(29-2)6-4-18/h3-6,15-16H,7-14H2,1-2H3. The molecule has 0 unspecified atom stereocenters. The number of piperazine rings is 2. The van der Waals surface area contributed by atoms with Gasteiger partial charge in [0.25, 0.3) is 0 Å². The van der Waals surface area contributed by atoms with Gasteiger partial charge in [0.2, 0.25) is 12.4 Å². The van der Waals surface area contributed by atoms with E-state index < -0.39 is 0 Å². The highest BCUT2D eigenvalue weighted by molar-refractivity contribution is 5.53. The number of hydrogen-bond acceptors (Lipinski definition) is 7. The molecule has 0 radical (unpaired) electrons. The summed E-state index contributed by atoms with van der Waals surface area (Å²) in [6, 6.07) is 10.3. The number of amides is 1. The van der Waals surface area contributed by atoms with Crippen molar-refractivity contribution in [1.82, 2.24) is 14.9 Å². The van der Waals surface area contributed by atoms with Gasteiger partial charge in [-0.25, -0.2) is 4.98 Å². The van der Waals surface area contributed by atoms with Crippen LogP contribution in [0.3, 0.4) is 0 Å². The minimum Gasteiger partial charge on any atom is -0.497 e. The van der Waals surface area contributed by atoms with Gasteiger partial charge in [0.05, 0.1) is 7.11 Å². The van der Waals surface area contributed by atoms with Gasteiger partial charge in [-0.2, -0.15) is 4.98 Å². The number of carbonyl (C=O) groups excluding carboxylic acids is 1. The number of anilines is 3. The number of ether oxygens (including phenoxy) is 1. The van der Waals surface area contributed by atoms with Gasteiger partial charge in [-0.1, -0.05) is 0 Å². The molecule has 0 N–H and O–H groups in total. The third kappa shape index (κ3) is 4.36. The van der Waals surface area contributed by atoms with Crippen LogP contribution in [0.1, 0.15) is 5.69 Å². The zero-order valence-electron chi connectivity index (χ0n) is 17.1. The van der Waals surface area contributed by atoms with E-state index in [4.69, 9.17) is 9.72 Å². The second kappa shape index (κ2) is 8.55. The Bertz CT molecular complexity index is 828. The first-order valence-electron chi connectivity index (χ1n) is 10.1. The van der Waals surface area contributed by atoms with Crippen LogP contribution in [0.15, 0.2) is 30.3 Å². The molecule has 8 heteroatoms. The van der Waals surface area contributed by atoms with E-state index in [2.05, 4.69) is 37.9 Å². The van der Waals surface area contributed by atoms with E-state index in [1.165, 1.54) is 5.69 Å². The molecule has 4 rings (SSSR count). The Morgan fingerprint density at radius 1 is 0.862 bits per heavy atom. The van der Waals surface area contributed by atoms with Crippen molar-refractivity contribution < 1.29 is 9.53 Å². The van der Waals surface area contributed by atoms with E-state index in [0.29, 0.717) is 0 Å². The summed E-state index contributed by atoms with van der Waals surface area (Å²) in [5, 5.41) is 0. The second-order valence-corrected chi connectivity index (χ2v) is 7.47. The zero-order valence-corrected chi connectivity index (χ0v) is 17.1. The lowest BCUT2D eigenvalue weighted by Crippen LogP contribution is -2.48. The van der Waals surface area contributed by atoms with Gasteiger partial charge in [-0.15, -0.1) is 0 Å². The predicted octanol–water partition coefficient (Wildman–Crippen LogP) is 1.40. The molecule has 1 amide bonds. The highest BCUT2D eigenvalue weighted by Gasteiger charge is 2.22. The number of hydrogen-bond donors (Lipinski definition) is 0. The molecule has 3 heterocycles. The first kappa shape index (κ1) is 19.3. The predicted molar refractivity (Wildman–Crippen MR) is 114 cm³/mol. The smallest absolute Gasteiger partial charge is 0.227 e. The van der Waals surface area contributed by atoms with Crippen molar-refractivity contribution in [2.75, 3.05) is 74.2 Å². The van der Waals surface area contributed by atoms with Gasteiger partial charge >= 0.3 is 0 Å². The van der Waals surface area contributed by atoms with Crippen molar-refractivity contribution in [2.45, 2.75) is 6.92 Å². The van der Waals surface area contributed by atoms with Crippen LogP contribution in [0.5, 0.6) is 5.75 Å². The molecule has 2 aromatic rings. The number of benzene rings is 1. The maximum absolute atomic E-state index is 10.9. The van der Waals surface area contributed by atoms with E-state index in [9.17, 15) is 4.79 Å². The summed E-state index contributed by atoms with van der Waals surface area (Å²) < 4.78 is 5.25. The van der Waals surface area contributed by atoms with Crippen LogP contribution in [-0.4, -0.2) is 80.7 Å². The molecule has 154 valence electrons. The summed E-state index contributed by atoms with van der Waals surface area (Å²) in [6.45, 7) is 8.73. The molecule has 1 aromatic heterocycles. The molecule has 0 atom stereocenters. The molecule has 2 aliphatic heterocycles. The van der Waals surface area contributed by atoms with Gasteiger partial charge in [0.1, 0.15) is 11.6 Å². The lowest BCUT2D eigenvalue weighted by atomic mass is 10.2. The zero-order chi connectivity index (χ0) is 20.2. The lowest BCUT2D eigenvalue weighted by molar-refractivity contribution is -0.118. The Morgan fingerprint density at radius 2 is 1.48 bits per heavy atom. The van der Waals surface area contributed by atoms with Crippen LogP contribution in [0.4, 0.5) is 17.5 Å². The molecule has 29 heavy (non-hydrogen) atoms.